The summed E-state index contributed by atoms with van der Waals surface area (Å²) < 4.78 is 9.75. The summed E-state index contributed by atoms with van der Waals surface area (Å²) in [5.74, 6) is 0. The molecule has 0 saturated heterocycles. The topological polar surface area (TPSA) is 19.7 Å². The molecule has 0 fully saturated rings. The second-order valence-electron chi connectivity index (χ2n) is 15.2. The first kappa shape index (κ1) is 31.2. The Kier molecular flexibility index (Phi) is 6.33. The van der Waals surface area contributed by atoms with Gasteiger partial charge >= 0.3 is 0 Å². The van der Waals surface area contributed by atoms with E-state index < -0.39 is 0 Å². The first-order chi connectivity index (χ1) is 28.8. The van der Waals surface area contributed by atoms with Crippen molar-refractivity contribution in [3.63, 3.8) is 0 Å². The average molecular weight is 737 g/mol. The zero-order valence-electron chi connectivity index (χ0n) is 31.3. The molecule has 0 aliphatic heterocycles. The molecule has 0 atom stereocenters. The van der Waals surface area contributed by atoms with Crippen molar-refractivity contribution >= 4 is 92.9 Å². The van der Waals surface area contributed by atoms with Gasteiger partial charge in [-0.2, -0.15) is 0 Å². The van der Waals surface area contributed by atoms with Crippen LogP contribution >= 0.6 is 0 Å². The molecule has 0 N–H and O–H groups in total. The number of hydrogen-bond donors (Lipinski definition) is 0. The first-order valence-corrected chi connectivity index (χ1v) is 19.8. The minimum Gasteiger partial charge on any atom is -0.309 e. The Balaban J connectivity index is 1.13. The van der Waals surface area contributed by atoms with E-state index in [1.165, 1.54) is 81.7 Å². The van der Waals surface area contributed by atoms with Crippen LogP contribution in [0.25, 0.3) is 110 Å². The fourth-order valence-corrected chi connectivity index (χ4v) is 9.94. The van der Waals surface area contributed by atoms with Gasteiger partial charge in [0, 0.05) is 66.2 Å². The molecule has 4 heterocycles. The number of benzene rings is 8. The molecule has 8 aromatic carbocycles. The summed E-state index contributed by atoms with van der Waals surface area (Å²) in [7, 11) is 0. The van der Waals surface area contributed by atoms with Gasteiger partial charge in [-0.3, -0.25) is 0 Å². The second kappa shape index (κ2) is 11.8. The number of rotatable bonds is 4. The molecule has 4 heteroatoms. The number of fused-ring (bicyclic) bond motifs is 14. The van der Waals surface area contributed by atoms with E-state index in [1.54, 1.807) is 0 Å². The van der Waals surface area contributed by atoms with Crippen LogP contribution in [0.3, 0.4) is 0 Å². The van der Waals surface area contributed by atoms with E-state index in [4.69, 9.17) is 0 Å². The maximum atomic E-state index is 3.19. The van der Waals surface area contributed by atoms with E-state index in [2.05, 4.69) is 212 Å². The Labute approximate surface area is 332 Å². The van der Waals surface area contributed by atoms with E-state index in [-0.39, 0.29) is 0 Å². The number of allylic oxidation sites excluding steroid dienone is 4. The van der Waals surface area contributed by atoms with Crippen molar-refractivity contribution in [2.75, 3.05) is 0 Å². The highest BCUT2D eigenvalue weighted by atomic mass is 15.0. The van der Waals surface area contributed by atoms with E-state index in [9.17, 15) is 0 Å². The number of para-hydroxylation sites is 5. The van der Waals surface area contributed by atoms with Crippen LogP contribution in [-0.4, -0.2) is 18.3 Å². The minimum absolute atomic E-state index is 1.07. The summed E-state index contributed by atoms with van der Waals surface area (Å²) in [5.41, 5.74) is 20.2. The zero-order chi connectivity index (χ0) is 37.9. The van der Waals surface area contributed by atoms with Gasteiger partial charge in [-0.25, -0.2) is 0 Å². The van der Waals surface area contributed by atoms with Crippen molar-refractivity contribution in [3.8, 4) is 17.1 Å². The molecule has 58 heavy (non-hydrogen) atoms. The highest BCUT2D eigenvalue weighted by Gasteiger charge is 2.23. The normalized spacial score (nSPS) is 12.9. The summed E-state index contributed by atoms with van der Waals surface area (Å²) in [6, 6.07) is 64.4. The molecule has 0 bridgehead atoms. The van der Waals surface area contributed by atoms with E-state index in [0.29, 0.717) is 0 Å². The predicted molar refractivity (Wildman–Crippen MR) is 243 cm³/mol. The van der Waals surface area contributed by atoms with Gasteiger partial charge in [0.05, 0.1) is 49.8 Å². The molecule has 4 nitrogen and oxygen atoms in total. The van der Waals surface area contributed by atoms with Crippen molar-refractivity contribution in [2.24, 2.45) is 0 Å². The van der Waals surface area contributed by atoms with Crippen molar-refractivity contribution in [1.29, 1.82) is 0 Å². The molecule has 0 amide bonds. The molecule has 1 aliphatic carbocycles. The molecule has 0 spiro atoms. The number of aromatic nitrogens is 4. The predicted octanol–water partition coefficient (Wildman–Crippen LogP) is 13.8. The van der Waals surface area contributed by atoms with Crippen LogP contribution < -0.4 is 0 Å². The van der Waals surface area contributed by atoms with Crippen LogP contribution in [0, 0.1) is 0 Å². The first-order valence-electron chi connectivity index (χ1n) is 19.8. The quantitative estimate of drug-likeness (QED) is 0.160. The van der Waals surface area contributed by atoms with Crippen LogP contribution in [0.15, 0.2) is 206 Å². The summed E-state index contributed by atoms with van der Waals surface area (Å²) in [6.45, 7) is 0. The highest BCUT2D eigenvalue weighted by molar-refractivity contribution is 6.28. The van der Waals surface area contributed by atoms with Crippen molar-refractivity contribution in [3.05, 3.63) is 206 Å². The Morgan fingerprint density at radius 2 is 0.776 bits per heavy atom. The smallest absolute Gasteiger partial charge is 0.0641 e. The Morgan fingerprint density at radius 3 is 1.36 bits per heavy atom. The van der Waals surface area contributed by atoms with Crippen LogP contribution in [0.4, 0.5) is 0 Å². The highest BCUT2D eigenvalue weighted by Crippen LogP contribution is 2.44. The molecule has 268 valence electrons. The van der Waals surface area contributed by atoms with Gasteiger partial charge in [-0.05, 0) is 78.9 Å². The molecule has 1 aliphatic rings. The molecular formula is C54H32N4. The van der Waals surface area contributed by atoms with Gasteiger partial charge in [0.15, 0.2) is 0 Å². The fourth-order valence-electron chi connectivity index (χ4n) is 9.94. The van der Waals surface area contributed by atoms with Gasteiger partial charge < -0.3 is 18.3 Å². The Morgan fingerprint density at radius 1 is 0.310 bits per heavy atom. The van der Waals surface area contributed by atoms with Crippen LogP contribution in [0.1, 0.15) is 0 Å². The summed E-state index contributed by atoms with van der Waals surface area (Å²) in [6.07, 6.45) is 6.08. The number of nitrogens with zero attached hydrogens (tertiary/aromatic N) is 4. The van der Waals surface area contributed by atoms with Gasteiger partial charge in [-0.15, -0.1) is 0 Å². The summed E-state index contributed by atoms with van der Waals surface area (Å²) in [4.78, 5) is 0. The molecule has 0 unspecified atom stereocenters. The zero-order valence-corrected chi connectivity index (χ0v) is 31.3. The monoisotopic (exact) mass is 736 g/mol. The minimum atomic E-state index is 1.07. The van der Waals surface area contributed by atoms with Crippen molar-refractivity contribution < 1.29 is 0 Å². The van der Waals surface area contributed by atoms with Crippen LogP contribution in [0.5, 0.6) is 0 Å². The molecular weight excluding hydrogens is 705 g/mol. The third-order valence-electron chi connectivity index (χ3n) is 12.2. The molecule has 12 aromatic rings. The second-order valence-corrected chi connectivity index (χ2v) is 15.2. The third-order valence-corrected chi connectivity index (χ3v) is 12.2. The fraction of sp³-hybridized carbons (Fsp3) is 0. The molecule has 4 aromatic heterocycles. The Hall–Kier alpha value is -8.00. The maximum Gasteiger partial charge on any atom is 0.0641 e. The molecule has 0 saturated carbocycles. The largest absolute Gasteiger partial charge is 0.309 e. The van der Waals surface area contributed by atoms with Gasteiger partial charge in [-0.1, -0.05) is 121 Å². The third kappa shape index (κ3) is 4.14. The van der Waals surface area contributed by atoms with Crippen LogP contribution in [-0.2, 0) is 0 Å². The van der Waals surface area contributed by atoms with E-state index >= 15 is 0 Å². The lowest BCUT2D eigenvalue weighted by atomic mass is 10.1. The maximum absolute atomic E-state index is 3.19. The average Bonchev–Trinajstić information content (AvgIpc) is 4.02. The molecule has 0 radical (unpaired) electrons. The lowest BCUT2D eigenvalue weighted by Gasteiger charge is -2.14. The van der Waals surface area contributed by atoms with Crippen molar-refractivity contribution in [2.45, 2.75) is 0 Å². The lowest BCUT2D eigenvalue weighted by molar-refractivity contribution is 1.14. The summed E-state index contributed by atoms with van der Waals surface area (Å²) >= 11 is 0. The summed E-state index contributed by atoms with van der Waals surface area (Å²) in [5, 5.41) is 9.91. The van der Waals surface area contributed by atoms with Gasteiger partial charge in [0.1, 0.15) is 0 Å². The number of hydrogen-bond acceptors (Lipinski definition) is 0. The van der Waals surface area contributed by atoms with Crippen molar-refractivity contribution in [1.82, 2.24) is 18.3 Å². The van der Waals surface area contributed by atoms with E-state index in [0.717, 1.165) is 28.3 Å². The van der Waals surface area contributed by atoms with E-state index in [1.807, 2.05) is 12.2 Å². The van der Waals surface area contributed by atoms with Gasteiger partial charge in [0.25, 0.3) is 0 Å². The van der Waals surface area contributed by atoms with Gasteiger partial charge in [0.2, 0.25) is 0 Å². The SMILES string of the molecule is C1=C=CC(n2c3ccccc3c3c2ccc2c4ccccc4n(-c4cccc(-n5c6ccccc6c6c5ccc5c7ccccc7n(-c7ccccc7)c56)c4)c23)=CC=1. The Bertz CT molecular complexity index is 3870. The van der Waals surface area contributed by atoms with Crippen LogP contribution in [0.2, 0.25) is 0 Å². The standard InChI is InChI=1S/C54H32N4/c1-3-16-35(17-4-1)55-47-28-13-9-24-43(47)51-49(55)32-30-42-40-23-8-12-27-46(40)58(54(42)51)38-21-15-20-37(34-38)56-48-29-14-10-25-44(48)52-50(56)33-31-41-39-22-7-11-26-45(39)57(53(41)52)36-18-5-2-6-19-36/h2-3,5-34H. The molecule has 13 rings (SSSR count). The lowest BCUT2D eigenvalue weighted by Crippen LogP contribution is -1.99.